The van der Waals surface area contributed by atoms with Crippen LogP contribution in [0.4, 0.5) is 20.4 Å². The maximum atomic E-state index is 13.3. The molecule has 0 spiro atoms. The molecule has 0 saturated carbocycles. The van der Waals surface area contributed by atoms with E-state index in [2.05, 4.69) is 25.0 Å². The molecule has 1 atom stereocenters. The van der Waals surface area contributed by atoms with Crippen LogP contribution in [0.25, 0.3) is 10.9 Å². The summed E-state index contributed by atoms with van der Waals surface area (Å²) in [6.45, 7) is 3.23. The number of hydrogen-bond acceptors (Lipinski definition) is 8. The molecule has 42 heavy (non-hydrogen) atoms. The molecule has 2 N–H and O–H groups in total. The average molecular weight is 619 g/mol. The summed E-state index contributed by atoms with van der Waals surface area (Å²) >= 11 is 7.25. The van der Waals surface area contributed by atoms with Crippen molar-refractivity contribution >= 4 is 52.0 Å². The quantitative estimate of drug-likeness (QED) is 0.199. The first-order chi connectivity index (χ1) is 20.1. The van der Waals surface area contributed by atoms with Crippen molar-refractivity contribution < 1.29 is 13.6 Å². The Kier molecular flexibility index (Phi) is 10.4. The molecule has 1 saturated heterocycles. The standard InChI is InChI=1S/C24H29ClN6O2S.C4H4F2N2/c1-14-12-16(15(2)26-18-8-9-19(25)27-21(18)22(32)29-34-4)20-17(13-14)23(33)30(3)24(28-20)31-10-6-5-7-11-31;5-4(6)8-3-1-2-7-8/h8-9,12-13,15,26H,5-7,10-11H2,1-4H3,(H,29,32);1-4H. The summed E-state index contributed by atoms with van der Waals surface area (Å²) < 4.78 is 27.9. The van der Waals surface area contributed by atoms with E-state index in [1.165, 1.54) is 36.8 Å². The Morgan fingerprint density at radius 1 is 1.14 bits per heavy atom. The number of benzene rings is 1. The van der Waals surface area contributed by atoms with Crippen molar-refractivity contribution in [1.29, 1.82) is 0 Å². The van der Waals surface area contributed by atoms with E-state index in [1.54, 1.807) is 30.0 Å². The van der Waals surface area contributed by atoms with Gasteiger partial charge in [-0.15, -0.1) is 0 Å². The number of nitrogens with one attached hydrogen (secondary N) is 2. The highest BCUT2D eigenvalue weighted by Gasteiger charge is 2.22. The van der Waals surface area contributed by atoms with Crippen molar-refractivity contribution in [2.75, 3.05) is 29.6 Å². The summed E-state index contributed by atoms with van der Waals surface area (Å²) in [5.74, 6) is 0.362. The molecule has 10 nitrogen and oxygen atoms in total. The normalized spacial score (nSPS) is 14.0. The van der Waals surface area contributed by atoms with Crippen LogP contribution in [0, 0.1) is 6.92 Å². The van der Waals surface area contributed by atoms with Gasteiger partial charge in [0.2, 0.25) is 5.95 Å². The molecule has 1 aliphatic heterocycles. The Labute approximate surface area is 251 Å². The van der Waals surface area contributed by atoms with Gasteiger partial charge in [-0.3, -0.25) is 18.9 Å². The van der Waals surface area contributed by atoms with Gasteiger partial charge in [-0.25, -0.2) is 14.6 Å². The van der Waals surface area contributed by atoms with E-state index in [9.17, 15) is 18.4 Å². The first-order valence-electron chi connectivity index (χ1n) is 13.4. The minimum Gasteiger partial charge on any atom is -0.377 e. The molecule has 1 amide bonds. The molecule has 3 aromatic heterocycles. The summed E-state index contributed by atoms with van der Waals surface area (Å²) in [5.41, 5.74) is 3.23. The summed E-state index contributed by atoms with van der Waals surface area (Å²) in [7, 11) is 1.79. The molecule has 0 radical (unpaired) electrons. The summed E-state index contributed by atoms with van der Waals surface area (Å²) in [4.78, 5) is 37.3. The van der Waals surface area contributed by atoms with Gasteiger partial charge in [0.15, 0.2) is 5.69 Å². The van der Waals surface area contributed by atoms with Crippen molar-refractivity contribution in [1.82, 2.24) is 29.0 Å². The van der Waals surface area contributed by atoms with Crippen LogP contribution in [0.3, 0.4) is 0 Å². The second-order valence-electron chi connectivity index (χ2n) is 9.87. The lowest BCUT2D eigenvalue weighted by Gasteiger charge is -2.29. The van der Waals surface area contributed by atoms with Gasteiger partial charge >= 0.3 is 6.55 Å². The van der Waals surface area contributed by atoms with Crippen molar-refractivity contribution in [2.45, 2.75) is 45.7 Å². The molecule has 14 heteroatoms. The molecule has 224 valence electrons. The zero-order valence-corrected chi connectivity index (χ0v) is 25.3. The van der Waals surface area contributed by atoms with Gasteiger partial charge in [0.05, 0.1) is 22.6 Å². The zero-order valence-electron chi connectivity index (χ0n) is 23.8. The predicted molar refractivity (Wildman–Crippen MR) is 164 cm³/mol. The van der Waals surface area contributed by atoms with Crippen molar-refractivity contribution in [3.63, 3.8) is 0 Å². The molecular weight excluding hydrogens is 586 g/mol. The highest BCUT2D eigenvalue weighted by atomic mass is 35.5. The number of fused-ring (bicyclic) bond motifs is 1. The molecular formula is C28H33ClF2N8O2S. The predicted octanol–water partition coefficient (Wildman–Crippen LogP) is 5.74. The Bertz CT molecular complexity index is 1590. The van der Waals surface area contributed by atoms with Crippen molar-refractivity contribution in [2.24, 2.45) is 7.05 Å². The summed E-state index contributed by atoms with van der Waals surface area (Å²) in [6.07, 6.45) is 7.68. The Morgan fingerprint density at radius 2 is 1.88 bits per heavy atom. The van der Waals surface area contributed by atoms with Crippen LogP contribution in [-0.2, 0) is 7.05 Å². The smallest absolute Gasteiger partial charge is 0.333 e. The van der Waals surface area contributed by atoms with Crippen LogP contribution in [0.2, 0.25) is 5.15 Å². The van der Waals surface area contributed by atoms with Crippen LogP contribution < -0.4 is 20.5 Å². The molecule has 0 aliphatic carbocycles. The third kappa shape index (κ3) is 7.19. The van der Waals surface area contributed by atoms with E-state index in [0.29, 0.717) is 27.2 Å². The maximum absolute atomic E-state index is 13.3. The molecule has 4 heterocycles. The third-order valence-corrected chi connectivity index (χ3v) is 7.40. The van der Waals surface area contributed by atoms with Gasteiger partial charge in [0, 0.05) is 44.4 Å². The Morgan fingerprint density at radius 3 is 2.50 bits per heavy atom. The van der Waals surface area contributed by atoms with Gasteiger partial charge in [-0.1, -0.05) is 29.6 Å². The lowest BCUT2D eigenvalue weighted by molar-refractivity contribution is 0.0566. The second-order valence-corrected chi connectivity index (χ2v) is 10.9. The fourth-order valence-corrected chi connectivity index (χ4v) is 5.25. The maximum Gasteiger partial charge on any atom is 0.333 e. The van der Waals surface area contributed by atoms with Crippen molar-refractivity contribution in [3.05, 3.63) is 75.1 Å². The van der Waals surface area contributed by atoms with Gasteiger partial charge < -0.3 is 10.2 Å². The largest absolute Gasteiger partial charge is 0.377 e. The van der Waals surface area contributed by atoms with E-state index in [0.717, 1.165) is 37.1 Å². The number of anilines is 2. The lowest BCUT2D eigenvalue weighted by atomic mass is 10.0. The number of aryl methyl sites for hydroxylation is 1. The van der Waals surface area contributed by atoms with E-state index < -0.39 is 6.55 Å². The Balaban J connectivity index is 0.000000437. The number of piperidine rings is 1. The summed E-state index contributed by atoms with van der Waals surface area (Å²) in [5, 5.41) is 7.50. The second kappa shape index (κ2) is 14.0. The number of alkyl halides is 2. The molecule has 0 bridgehead atoms. The van der Waals surface area contributed by atoms with Crippen LogP contribution in [0.15, 0.2) is 47.5 Å². The molecule has 5 rings (SSSR count). The van der Waals surface area contributed by atoms with Crippen molar-refractivity contribution in [3.8, 4) is 0 Å². The van der Waals surface area contributed by atoms with Gasteiger partial charge in [0.1, 0.15) is 5.15 Å². The van der Waals surface area contributed by atoms with E-state index in [-0.39, 0.29) is 28.4 Å². The van der Waals surface area contributed by atoms with Crippen LogP contribution in [0.1, 0.15) is 60.4 Å². The first-order valence-corrected chi connectivity index (χ1v) is 15.0. The van der Waals surface area contributed by atoms with Gasteiger partial charge in [-0.2, -0.15) is 13.9 Å². The lowest BCUT2D eigenvalue weighted by Crippen LogP contribution is -2.35. The minimum absolute atomic E-state index is 0.0593. The van der Waals surface area contributed by atoms with Gasteiger partial charge in [0.25, 0.3) is 11.5 Å². The fraction of sp³-hybridized carbons (Fsp3) is 0.393. The van der Waals surface area contributed by atoms with E-state index >= 15 is 0 Å². The minimum atomic E-state index is -2.51. The topological polar surface area (TPSA) is 110 Å². The molecule has 1 aromatic carbocycles. The number of hydrogen-bond donors (Lipinski definition) is 2. The number of halogens is 3. The van der Waals surface area contributed by atoms with Crippen LogP contribution in [-0.4, -0.2) is 49.6 Å². The third-order valence-electron chi connectivity index (χ3n) is 6.80. The van der Waals surface area contributed by atoms with Gasteiger partial charge in [-0.05, 0) is 62.9 Å². The zero-order chi connectivity index (χ0) is 30.4. The SMILES string of the molecule is CSNC(=O)c1nc(Cl)ccc1NC(C)c1cc(C)cc2c(=O)n(C)c(N3CCCCC3)nc12.FC(F)n1cccn1. The summed E-state index contributed by atoms with van der Waals surface area (Å²) in [6, 6.07) is 8.51. The monoisotopic (exact) mass is 618 g/mol. The Hall–Kier alpha value is -3.71. The number of carbonyl (C=O) groups is 1. The molecule has 1 fully saturated rings. The fourth-order valence-electron chi connectivity index (χ4n) is 4.82. The first kappa shape index (κ1) is 31.2. The number of amides is 1. The highest BCUT2D eigenvalue weighted by Crippen LogP contribution is 2.29. The molecule has 1 unspecified atom stereocenters. The average Bonchev–Trinajstić information content (AvgIpc) is 3.52. The molecule has 4 aromatic rings. The number of nitrogens with zero attached hydrogens (tertiary/aromatic N) is 6. The number of carbonyl (C=O) groups excluding carboxylic acids is 1. The van der Waals surface area contributed by atoms with E-state index in [1.807, 2.05) is 26.0 Å². The van der Waals surface area contributed by atoms with Crippen LogP contribution in [0.5, 0.6) is 0 Å². The number of rotatable bonds is 7. The number of pyridine rings is 1. The van der Waals surface area contributed by atoms with E-state index in [4.69, 9.17) is 16.6 Å². The molecule has 1 aliphatic rings. The van der Waals surface area contributed by atoms with Crippen LogP contribution >= 0.6 is 23.5 Å². The number of aromatic nitrogens is 5. The highest BCUT2D eigenvalue weighted by molar-refractivity contribution is 7.97.